The first kappa shape index (κ1) is 12.6. The fourth-order valence-corrected chi connectivity index (χ4v) is 3.05. The van der Waals surface area contributed by atoms with Crippen LogP contribution in [0.3, 0.4) is 0 Å². The van der Waals surface area contributed by atoms with Crippen LogP contribution in [0.15, 0.2) is 4.52 Å². The van der Waals surface area contributed by atoms with E-state index < -0.39 is 0 Å². The molecule has 2 fully saturated rings. The smallest absolute Gasteiger partial charge is 0.246 e. The summed E-state index contributed by atoms with van der Waals surface area (Å²) >= 11 is 0. The van der Waals surface area contributed by atoms with Crippen LogP contribution in [0.4, 0.5) is 0 Å². The molecule has 0 aromatic carbocycles. The molecule has 19 heavy (non-hydrogen) atoms. The Morgan fingerprint density at radius 1 is 1.16 bits per heavy atom. The van der Waals surface area contributed by atoms with Gasteiger partial charge in [-0.05, 0) is 25.7 Å². The highest BCUT2D eigenvalue weighted by Gasteiger charge is 2.23. The van der Waals surface area contributed by atoms with Gasteiger partial charge in [0.1, 0.15) is 0 Å². The van der Waals surface area contributed by atoms with Crippen molar-refractivity contribution in [1.29, 1.82) is 0 Å². The first-order valence-corrected chi connectivity index (χ1v) is 7.43. The van der Waals surface area contributed by atoms with E-state index in [1.807, 2.05) is 4.90 Å². The average Bonchev–Trinajstić information content (AvgIpc) is 2.91. The zero-order chi connectivity index (χ0) is 13.1. The molecule has 1 saturated heterocycles. The van der Waals surface area contributed by atoms with E-state index in [0.717, 1.165) is 25.2 Å². The van der Waals surface area contributed by atoms with Gasteiger partial charge in [0.25, 0.3) is 0 Å². The van der Waals surface area contributed by atoms with Gasteiger partial charge in [-0.2, -0.15) is 4.98 Å². The zero-order valence-corrected chi connectivity index (χ0v) is 11.3. The Hall–Kier alpha value is -1.39. The minimum atomic E-state index is 0.212. The molecular formula is C14H21N3O2. The monoisotopic (exact) mass is 263 g/mol. The second-order valence-corrected chi connectivity index (χ2v) is 5.65. The highest BCUT2D eigenvalue weighted by Crippen LogP contribution is 2.30. The molecule has 3 rings (SSSR count). The molecule has 0 radical (unpaired) electrons. The Bertz CT molecular complexity index is 438. The molecule has 1 saturated carbocycles. The van der Waals surface area contributed by atoms with E-state index >= 15 is 0 Å². The van der Waals surface area contributed by atoms with Crippen molar-refractivity contribution in [3.05, 3.63) is 11.7 Å². The van der Waals surface area contributed by atoms with Crippen molar-refractivity contribution in [3.8, 4) is 0 Å². The number of carbonyl (C=O) groups excluding carboxylic acids is 1. The first-order chi connectivity index (χ1) is 9.33. The van der Waals surface area contributed by atoms with Crippen LogP contribution in [-0.4, -0.2) is 27.5 Å². The fourth-order valence-electron chi connectivity index (χ4n) is 3.05. The standard InChI is InChI=1S/C14H21N3O2/c18-13-8-4-5-9-17(13)10-12-15-14(16-19-12)11-6-2-1-3-7-11/h11H,1-10H2. The molecule has 1 aliphatic heterocycles. The molecule has 0 bridgehead atoms. The molecule has 1 aliphatic carbocycles. The van der Waals surface area contributed by atoms with E-state index in [1.54, 1.807) is 0 Å². The molecule has 1 aromatic heterocycles. The maximum absolute atomic E-state index is 11.7. The van der Waals surface area contributed by atoms with Crippen LogP contribution in [0.5, 0.6) is 0 Å². The first-order valence-electron chi connectivity index (χ1n) is 7.43. The summed E-state index contributed by atoms with van der Waals surface area (Å²) in [5.74, 6) is 2.11. The number of aromatic nitrogens is 2. The molecule has 2 aliphatic rings. The molecule has 0 unspecified atom stereocenters. The molecule has 0 N–H and O–H groups in total. The number of piperidine rings is 1. The summed E-state index contributed by atoms with van der Waals surface area (Å²) in [5.41, 5.74) is 0. The Kier molecular flexibility index (Phi) is 3.80. The Morgan fingerprint density at radius 2 is 2.00 bits per heavy atom. The number of amides is 1. The van der Waals surface area contributed by atoms with Gasteiger partial charge in [-0.1, -0.05) is 24.4 Å². The van der Waals surface area contributed by atoms with Crippen LogP contribution in [0.2, 0.25) is 0 Å². The summed E-state index contributed by atoms with van der Waals surface area (Å²) in [4.78, 5) is 18.1. The van der Waals surface area contributed by atoms with E-state index in [9.17, 15) is 4.79 Å². The molecule has 0 spiro atoms. The maximum atomic E-state index is 11.7. The predicted molar refractivity (Wildman–Crippen MR) is 69.4 cm³/mol. The number of carbonyl (C=O) groups is 1. The highest BCUT2D eigenvalue weighted by molar-refractivity contribution is 5.76. The van der Waals surface area contributed by atoms with Crippen molar-refractivity contribution >= 4 is 5.91 Å². The average molecular weight is 263 g/mol. The number of nitrogens with zero attached hydrogens (tertiary/aromatic N) is 3. The lowest BCUT2D eigenvalue weighted by Gasteiger charge is -2.24. The molecule has 0 atom stereocenters. The van der Waals surface area contributed by atoms with Gasteiger partial charge in [0.15, 0.2) is 5.82 Å². The van der Waals surface area contributed by atoms with E-state index in [4.69, 9.17) is 4.52 Å². The summed E-state index contributed by atoms with van der Waals surface area (Å²) in [6.07, 6.45) is 8.93. The zero-order valence-electron chi connectivity index (χ0n) is 11.3. The molecule has 2 heterocycles. The third-order valence-corrected chi connectivity index (χ3v) is 4.20. The number of hydrogen-bond donors (Lipinski definition) is 0. The van der Waals surface area contributed by atoms with Gasteiger partial charge in [0.05, 0.1) is 6.54 Å². The van der Waals surface area contributed by atoms with E-state index in [1.165, 1.54) is 32.1 Å². The lowest BCUT2D eigenvalue weighted by atomic mass is 9.89. The van der Waals surface area contributed by atoms with Crippen molar-refractivity contribution in [2.24, 2.45) is 0 Å². The summed E-state index contributed by atoms with van der Waals surface area (Å²) in [5, 5.41) is 4.11. The van der Waals surface area contributed by atoms with Crippen molar-refractivity contribution in [2.45, 2.75) is 63.8 Å². The Balaban J connectivity index is 1.62. The molecular weight excluding hydrogens is 242 g/mol. The van der Waals surface area contributed by atoms with E-state index in [-0.39, 0.29) is 5.91 Å². The quantitative estimate of drug-likeness (QED) is 0.841. The molecule has 5 heteroatoms. The molecule has 1 amide bonds. The summed E-state index contributed by atoms with van der Waals surface area (Å²) in [6.45, 7) is 1.30. The molecule has 104 valence electrons. The summed E-state index contributed by atoms with van der Waals surface area (Å²) < 4.78 is 5.31. The Morgan fingerprint density at radius 3 is 2.79 bits per heavy atom. The van der Waals surface area contributed by atoms with Crippen molar-refractivity contribution in [3.63, 3.8) is 0 Å². The lowest BCUT2D eigenvalue weighted by molar-refractivity contribution is -0.134. The van der Waals surface area contributed by atoms with Gasteiger partial charge >= 0.3 is 0 Å². The van der Waals surface area contributed by atoms with Crippen molar-refractivity contribution in [1.82, 2.24) is 15.0 Å². The largest absolute Gasteiger partial charge is 0.337 e. The van der Waals surface area contributed by atoms with E-state index in [2.05, 4.69) is 10.1 Å². The van der Waals surface area contributed by atoms with Crippen LogP contribution in [0.1, 0.15) is 69.0 Å². The fraction of sp³-hybridized carbons (Fsp3) is 0.786. The van der Waals surface area contributed by atoms with Crippen LogP contribution in [0.25, 0.3) is 0 Å². The summed E-state index contributed by atoms with van der Waals surface area (Å²) in [7, 11) is 0. The second kappa shape index (κ2) is 5.72. The van der Waals surface area contributed by atoms with E-state index in [0.29, 0.717) is 24.8 Å². The van der Waals surface area contributed by atoms with Gasteiger partial charge in [0.2, 0.25) is 11.8 Å². The van der Waals surface area contributed by atoms with Crippen LogP contribution >= 0.6 is 0 Å². The highest BCUT2D eigenvalue weighted by atomic mass is 16.5. The number of likely N-dealkylation sites (tertiary alicyclic amines) is 1. The van der Waals surface area contributed by atoms with Gasteiger partial charge in [0, 0.05) is 18.9 Å². The minimum Gasteiger partial charge on any atom is -0.337 e. The van der Waals surface area contributed by atoms with Crippen LogP contribution in [-0.2, 0) is 11.3 Å². The van der Waals surface area contributed by atoms with Gasteiger partial charge in [-0.3, -0.25) is 4.79 Å². The van der Waals surface area contributed by atoms with Crippen molar-refractivity contribution < 1.29 is 9.32 Å². The summed E-state index contributed by atoms with van der Waals surface area (Å²) in [6, 6.07) is 0. The van der Waals surface area contributed by atoms with Crippen molar-refractivity contribution in [2.75, 3.05) is 6.54 Å². The topological polar surface area (TPSA) is 59.2 Å². The van der Waals surface area contributed by atoms with Gasteiger partial charge in [-0.15, -0.1) is 0 Å². The second-order valence-electron chi connectivity index (χ2n) is 5.65. The third kappa shape index (κ3) is 2.96. The minimum absolute atomic E-state index is 0.212. The van der Waals surface area contributed by atoms with Gasteiger partial charge in [-0.25, -0.2) is 0 Å². The van der Waals surface area contributed by atoms with Gasteiger partial charge < -0.3 is 9.42 Å². The SMILES string of the molecule is O=C1CCCCN1Cc1nc(C2CCCCC2)no1. The maximum Gasteiger partial charge on any atom is 0.246 e. The molecule has 1 aromatic rings. The third-order valence-electron chi connectivity index (χ3n) is 4.20. The lowest BCUT2D eigenvalue weighted by Crippen LogP contribution is -2.34. The van der Waals surface area contributed by atoms with Crippen LogP contribution < -0.4 is 0 Å². The normalized spacial score (nSPS) is 21.9. The number of hydrogen-bond acceptors (Lipinski definition) is 4. The number of rotatable bonds is 3. The Labute approximate surface area is 113 Å². The molecule has 5 nitrogen and oxygen atoms in total. The predicted octanol–water partition coefficient (Wildman–Crippen LogP) is 2.63. The van der Waals surface area contributed by atoms with Crippen LogP contribution in [0, 0.1) is 0 Å².